The van der Waals surface area contributed by atoms with Crippen LogP contribution in [0.25, 0.3) is 11.4 Å². The first-order chi connectivity index (χ1) is 9.65. The molecule has 106 valence electrons. The van der Waals surface area contributed by atoms with Gasteiger partial charge in [-0.2, -0.15) is 0 Å². The molecule has 20 heavy (non-hydrogen) atoms. The second-order valence-electron chi connectivity index (χ2n) is 4.49. The van der Waals surface area contributed by atoms with Gasteiger partial charge in [0.15, 0.2) is 0 Å². The fourth-order valence-corrected chi connectivity index (χ4v) is 2.04. The fourth-order valence-electron chi connectivity index (χ4n) is 2.04. The van der Waals surface area contributed by atoms with Crippen LogP contribution in [0.2, 0.25) is 0 Å². The summed E-state index contributed by atoms with van der Waals surface area (Å²) in [6.07, 6.45) is 1.49. The minimum absolute atomic E-state index is 0.170. The first-order valence-electron chi connectivity index (χ1n) is 6.77. The maximum absolute atomic E-state index is 12.0. The lowest BCUT2D eigenvalue weighted by atomic mass is 10.1. The van der Waals surface area contributed by atoms with Crippen LogP contribution in [0.3, 0.4) is 0 Å². The summed E-state index contributed by atoms with van der Waals surface area (Å²) < 4.78 is 5.44. The van der Waals surface area contributed by atoms with E-state index >= 15 is 0 Å². The number of aromatic amines is 1. The first-order valence-corrected chi connectivity index (χ1v) is 6.77. The molecule has 0 aliphatic heterocycles. The van der Waals surface area contributed by atoms with Crippen LogP contribution in [0.5, 0.6) is 5.75 Å². The van der Waals surface area contributed by atoms with E-state index in [1.165, 1.54) is 0 Å². The van der Waals surface area contributed by atoms with Crippen LogP contribution in [0.15, 0.2) is 29.1 Å². The molecule has 1 heterocycles. The smallest absolute Gasteiger partial charge is 0.256 e. The van der Waals surface area contributed by atoms with Gasteiger partial charge in [-0.3, -0.25) is 4.79 Å². The molecule has 0 amide bonds. The molecule has 0 aliphatic carbocycles. The van der Waals surface area contributed by atoms with Gasteiger partial charge in [0.2, 0.25) is 0 Å². The van der Waals surface area contributed by atoms with E-state index in [0.717, 1.165) is 17.7 Å². The van der Waals surface area contributed by atoms with Crippen molar-refractivity contribution >= 4 is 5.82 Å². The second-order valence-corrected chi connectivity index (χ2v) is 4.49. The molecule has 3 N–H and O–H groups in total. The molecule has 0 bridgehead atoms. The zero-order chi connectivity index (χ0) is 14.5. The topological polar surface area (TPSA) is 81.0 Å². The highest BCUT2D eigenvalue weighted by Gasteiger charge is 2.10. The van der Waals surface area contributed by atoms with Crippen LogP contribution in [0, 0.1) is 0 Å². The molecule has 0 saturated carbocycles. The lowest BCUT2D eigenvalue weighted by molar-refractivity contribution is 0.340. The third-order valence-electron chi connectivity index (χ3n) is 2.97. The number of benzene rings is 1. The molecule has 0 aliphatic rings. The van der Waals surface area contributed by atoms with Gasteiger partial charge in [0.1, 0.15) is 17.4 Å². The van der Waals surface area contributed by atoms with E-state index in [0.29, 0.717) is 30.2 Å². The Morgan fingerprint density at radius 1 is 1.35 bits per heavy atom. The van der Waals surface area contributed by atoms with Crippen molar-refractivity contribution in [2.24, 2.45) is 0 Å². The van der Waals surface area contributed by atoms with E-state index in [1.807, 2.05) is 38.1 Å². The second kappa shape index (κ2) is 6.23. The molecule has 5 heteroatoms. The number of nitrogens with two attached hydrogens (primary N) is 1. The summed E-state index contributed by atoms with van der Waals surface area (Å²) in [6, 6.07) is 7.41. The lowest BCUT2D eigenvalue weighted by Crippen LogP contribution is -2.18. The Morgan fingerprint density at radius 3 is 2.80 bits per heavy atom. The largest absolute Gasteiger partial charge is 0.494 e. The summed E-state index contributed by atoms with van der Waals surface area (Å²) >= 11 is 0. The quantitative estimate of drug-likeness (QED) is 0.876. The predicted octanol–water partition coefficient (Wildman–Crippen LogP) is 2.37. The van der Waals surface area contributed by atoms with Gasteiger partial charge in [-0.05, 0) is 25.5 Å². The van der Waals surface area contributed by atoms with Crippen LogP contribution in [-0.4, -0.2) is 16.6 Å². The minimum Gasteiger partial charge on any atom is -0.494 e. The summed E-state index contributed by atoms with van der Waals surface area (Å²) in [5, 5.41) is 0. The maximum atomic E-state index is 12.0. The summed E-state index contributed by atoms with van der Waals surface area (Å²) in [7, 11) is 0. The van der Waals surface area contributed by atoms with Gasteiger partial charge in [-0.25, -0.2) is 4.98 Å². The van der Waals surface area contributed by atoms with Gasteiger partial charge in [0, 0.05) is 5.56 Å². The minimum atomic E-state index is -0.170. The van der Waals surface area contributed by atoms with Crippen LogP contribution >= 0.6 is 0 Å². The van der Waals surface area contributed by atoms with Crippen molar-refractivity contribution in [1.29, 1.82) is 0 Å². The van der Waals surface area contributed by atoms with Crippen molar-refractivity contribution in [3.05, 3.63) is 40.2 Å². The van der Waals surface area contributed by atoms with Gasteiger partial charge in [0.05, 0.1) is 12.2 Å². The first kappa shape index (κ1) is 14.1. The molecule has 0 atom stereocenters. The monoisotopic (exact) mass is 273 g/mol. The Bertz CT molecular complexity index is 650. The average Bonchev–Trinajstić information content (AvgIpc) is 2.43. The molecule has 2 rings (SSSR count). The number of hydrogen-bond donors (Lipinski definition) is 2. The lowest BCUT2D eigenvalue weighted by Gasteiger charge is -2.08. The Morgan fingerprint density at radius 2 is 2.15 bits per heavy atom. The molecule has 0 unspecified atom stereocenters. The standard InChI is InChI=1S/C15H19N3O2/c1-3-6-12-13(16)17-14(18-15(12)19)10-7-5-8-11(9-10)20-4-2/h5,7-9H,3-4,6H2,1-2H3,(H3,16,17,18,19). The highest BCUT2D eigenvalue weighted by molar-refractivity contribution is 5.59. The number of nitrogens with zero attached hydrogens (tertiary/aromatic N) is 1. The van der Waals surface area contributed by atoms with E-state index < -0.39 is 0 Å². The predicted molar refractivity (Wildman–Crippen MR) is 79.9 cm³/mol. The number of anilines is 1. The van der Waals surface area contributed by atoms with Crippen LogP contribution in [0.4, 0.5) is 5.82 Å². The van der Waals surface area contributed by atoms with E-state index in [1.54, 1.807) is 0 Å². The fraction of sp³-hybridized carbons (Fsp3) is 0.333. The zero-order valence-electron chi connectivity index (χ0n) is 11.8. The summed E-state index contributed by atoms with van der Waals surface area (Å²) in [5.41, 5.74) is 7.04. The Kier molecular flexibility index (Phi) is 4.40. The third kappa shape index (κ3) is 2.99. The molecular weight excluding hydrogens is 254 g/mol. The number of rotatable bonds is 5. The molecule has 0 spiro atoms. The molecule has 5 nitrogen and oxygen atoms in total. The molecule has 0 radical (unpaired) electrons. The SMILES string of the molecule is CCCc1c(N)nc(-c2cccc(OCC)c2)[nH]c1=O. The Labute approximate surface area is 117 Å². The van der Waals surface area contributed by atoms with E-state index in [4.69, 9.17) is 10.5 Å². The molecule has 2 aromatic rings. The molecule has 0 saturated heterocycles. The Hall–Kier alpha value is -2.30. The van der Waals surface area contributed by atoms with Gasteiger partial charge in [-0.15, -0.1) is 0 Å². The summed E-state index contributed by atoms with van der Waals surface area (Å²) in [6.45, 7) is 4.51. The van der Waals surface area contributed by atoms with Crippen LogP contribution in [-0.2, 0) is 6.42 Å². The third-order valence-corrected chi connectivity index (χ3v) is 2.97. The zero-order valence-corrected chi connectivity index (χ0v) is 11.8. The van der Waals surface area contributed by atoms with E-state index in [2.05, 4.69) is 9.97 Å². The van der Waals surface area contributed by atoms with Crippen molar-refractivity contribution in [3.63, 3.8) is 0 Å². The van der Waals surface area contributed by atoms with Crippen molar-refractivity contribution in [2.75, 3.05) is 12.3 Å². The van der Waals surface area contributed by atoms with E-state index in [-0.39, 0.29) is 5.56 Å². The van der Waals surface area contributed by atoms with Crippen molar-refractivity contribution in [3.8, 4) is 17.1 Å². The molecule has 1 aromatic heterocycles. The van der Waals surface area contributed by atoms with Gasteiger partial charge >= 0.3 is 0 Å². The average molecular weight is 273 g/mol. The van der Waals surface area contributed by atoms with Crippen LogP contribution in [0.1, 0.15) is 25.8 Å². The van der Waals surface area contributed by atoms with Gasteiger partial charge < -0.3 is 15.5 Å². The molecule has 1 aromatic carbocycles. The highest BCUT2D eigenvalue weighted by Crippen LogP contribution is 2.21. The van der Waals surface area contributed by atoms with E-state index in [9.17, 15) is 4.79 Å². The number of H-pyrrole nitrogens is 1. The highest BCUT2D eigenvalue weighted by atomic mass is 16.5. The number of nitrogens with one attached hydrogen (secondary N) is 1. The number of hydrogen-bond acceptors (Lipinski definition) is 4. The normalized spacial score (nSPS) is 10.5. The molecule has 0 fully saturated rings. The maximum Gasteiger partial charge on any atom is 0.256 e. The van der Waals surface area contributed by atoms with Crippen molar-refractivity contribution in [2.45, 2.75) is 26.7 Å². The summed E-state index contributed by atoms with van der Waals surface area (Å²) in [5.74, 6) is 1.50. The summed E-state index contributed by atoms with van der Waals surface area (Å²) in [4.78, 5) is 19.1. The molecular formula is C15H19N3O2. The number of aromatic nitrogens is 2. The number of ether oxygens (including phenoxy) is 1. The number of nitrogen functional groups attached to an aromatic ring is 1. The van der Waals surface area contributed by atoms with Crippen LogP contribution < -0.4 is 16.0 Å². The van der Waals surface area contributed by atoms with Gasteiger partial charge in [-0.1, -0.05) is 25.5 Å². The van der Waals surface area contributed by atoms with Crippen molar-refractivity contribution < 1.29 is 4.74 Å². The van der Waals surface area contributed by atoms with Crippen molar-refractivity contribution in [1.82, 2.24) is 9.97 Å². The van der Waals surface area contributed by atoms with Gasteiger partial charge in [0.25, 0.3) is 5.56 Å². The Balaban J connectivity index is 2.43.